The number of nitrogens with zero attached hydrogens (tertiary/aromatic N) is 3. The summed E-state index contributed by atoms with van der Waals surface area (Å²) < 4.78 is 25.7. The summed E-state index contributed by atoms with van der Waals surface area (Å²) in [5.74, 6) is 1.22. The molecule has 7 heteroatoms. The molecule has 0 radical (unpaired) electrons. The summed E-state index contributed by atoms with van der Waals surface area (Å²) in [4.78, 5) is 18.3. The number of aromatic nitrogens is 2. The van der Waals surface area contributed by atoms with Crippen LogP contribution in [0.25, 0.3) is 0 Å². The zero-order chi connectivity index (χ0) is 16.0. The SMILES string of the molecule is Cc1occc1C(=O)N1CCCC(F)(c2nc(C3CC3)no2)C1. The largest absolute Gasteiger partial charge is 0.469 e. The molecule has 2 aliphatic rings. The van der Waals surface area contributed by atoms with E-state index in [-0.39, 0.29) is 24.8 Å². The van der Waals surface area contributed by atoms with E-state index in [1.807, 2.05) is 0 Å². The van der Waals surface area contributed by atoms with E-state index in [9.17, 15) is 4.79 Å². The molecule has 2 aromatic heterocycles. The monoisotopic (exact) mass is 319 g/mol. The second-order valence-corrected chi connectivity index (χ2v) is 6.42. The van der Waals surface area contributed by atoms with Gasteiger partial charge in [-0.15, -0.1) is 0 Å². The van der Waals surface area contributed by atoms with Gasteiger partial charge in [0.05, 0.1) is 18.4 Å². The molecule has 2 aromatic rings. The summed E-state index contributed by atoms with van der Waals surface area (Å²) in [5.41, 5.74) is -1.30. The molecular formula is C16H18FN3O3. The topological polar surface area (TPSA) is 72.4 Å². The van der Waals surface area contributed by atoms with Crippen LogP contribution in [0.3, 0.4) is 0 Å². The third kappa shape index (κ3) is 2.54. The van der Waals surface area contributed by atoms with Gasteiger partial charge in [-0.05, 0) is 38.7 Å². The van der Waals surface area contributed by atoms with Crippen LogP contribution in [0.4, 0.5) is 4.39 Å². The van der Waals surface area contributed by atoms with E-state index in [0.717, 1.165) is 12.8 Å². The Bertz CT molecular complexity index is 737. The fourth-order valence-corrected chi connectivity index (χ4v) is 3.06. The maximum Gasteiger partial charge on any atom is 0.266 e. The number of piperidine rings is 1. The van der Waals surface area contributed by atoms with Gasteiger partial charge in [0.1, 0.15) is 5.76 Å². The number of alkyl halides is 1. The molecule has 1 aliphatic heterocycles. The molecule has 2 fully saturated rings. The molecule has 1 unspecified atom stereocenters. The van der Waals surface area contributed by atoms with Crippen molar-refractivity contribution in [2.24, 2.45) is 0 Å². The van der Waals surface area contributed by atoms with Crippen LogP contribution in [0.2, 0.25) is 0 Å². The molecule has 122 valence electrons. The Hall–Kier alpha value is -2.18. The molecule has 0 N–H and O–H groups in total. The lowest BCUT2D eigenvalue weighted by Gasteiger charge is -2.35. The van der Waals surface area contributed by atoms with Gasteiger partial charge in [-0.2, -0.15) is 4.98 Å². The molecule has 1 amide bonds. The lowest BCUT2D eigenvalue weighted by molar-refractivity contribution is 0.0151. The third-order valence-corrected chi connectivity index (χ3v) is 4.59. The van der Waals surface area contributed by atoms with Crippen molar-refractivity contribution in [3.63, 3.8) is 0 Å². The Morgan fingerprint density at radius 2 is 2.30 bits per heavy atom. The number of hydrogen-bond acceptors (Lipinski definition) is 5. The van der Waals surface area contributed by atoms with Gasteiger partial charge in [0.25, 0.3) is 11.8 Å². The molecule has 0 spiro atoms. The number of halogens is 1. The number of rotatable bonds is 3. The molecule has 3 heterocycles. The molecule has 6 nitrogen and oxygen atoms in total. The average Bonchev–Trinajstić information content (AvgIpc) is 3.10. The second-order valence-electron chi connectivity index (χ2n) is 6.42. The minimum Gasteiger partial charge on any atom is -0.469 e. The van der Waals surface area contributed by atoms with Crippen LogP contribution in [0, 0.1) is 6.92 Å². The molecule has 0 bridgehead atoms. The Balaban J connectivity index is 1.55. The maximum atomic E-state index is 15.3. The summed E-state index contributed by atoms with van der Waals surface area (Å²) >= 11 is 0. The van der Waals surface area contributed by atoms with E-state index < -0.39 is 5.67 Å². The Morgan fingerprint density at radius 1 is 1.48 bits per heavy atom. The van der Waals surface area contributed by atoms with Crippen molar-refractivity contribution >= 4 is 5.91 Å². The minimum absolute atomic E-state index is 0.000755. The van der Waals surface area contributed by atoms with E-state index >= 15 is 4.39 Å². The quantitative estimate of drug-likeness (QED) is 0.869. The predicted molar refractivity (Wildman–Crippen MR) is 77.6 cm³/mol. The van der Waals surface area contributed by atoms with Crippen LogP contribution in [-0.2, 0) is 5.67 Å². The highest BCUT2D eigenvalue weighted by Gasteiger charge is 2.45. The second kappa shape index (κ2) is 5.18. The number of furan rings is 1. The predicted octanol–water partition coefficient (Wildman–Crippen LogP) is 2.95. The first-order valence-corrected chi connectivity index (χ1v) is 7.93. The van der Waals surface area contributed by atoms with Gasteiger partial charge in [0.15, 0.2) is 5.82 Å². The summed E-state index contributed by atoms with van der Waals surface area (Å²) in [6.45, 7) is 2.17. The fraction of sp³-hybridized carbons (Fsp3) is 0.562. The molecule has 1 aliphatic carbocycles. The van der Waals surface area contributed by atoms with E-state index in [4.69, 9.17) is 8.94 Å². The van der Waals surface area contributed by atoms with E-state index in [1.165, 1.54) is 11.2 Å². The summed E-state index contributed by atoms with van der Waals surface area (Å²) in [5, 5.41) is 3.89. The van der Waals surface area contributed by atoms with Crippen molar-refractivity contribution in [3.8, 4) is 0 Å². The van der Waals surface area contributed by atoms with Gasteiger partial charge in [-0.25, -0.2) is 4.39 Å². The van der Waals surface area contributed by atoms with Crippen molar-refractivity contribution in [3.05, 3.63) is 35.4 Å². The first-order chi connectivity index (χ1) is 11.1. The highest BCUT2D eigenvalue weighted by atomic mass is 19.1. The molecule has 1 atom stereocenters. The van der Waals surface area contributed by atoms with Crippen LogP contribution in [0.5, 0.6) is 0 Å². The van der Waals surface area contributed by atoms with Crippen molar-refractivity contribution in [2.75, 3.05) is 13.1 Å². The zero-order valence-electron chi connectivity index (χ0n) is 12.9. The van der Waals surface area contributed by atoms with Gasteiger partial charge in [-0.3, -0.25) is 4.79 Å². The number of amides is 1. The van der Waals surface area contributed by atoms with E-state index in [2.05, 4.69) is 10.1 Å². The molecule has 4 rings (SSSR count). The normalized spacial score (nSPS) is 24.9. The lowest BCUT2D eigenvalue weighted by atomic mass is 9.94. The van der Waals surface area contributed by atoms with Gasteiger partial charge in [0.2, 0.25) is 5.67 Å². The highest BCUT2D eigenvalue weighted by Crippen LogP contribution is 2.41. The lowest BCUT2D eigenvalue weighted by Crippen LogP contribution is -2.46. The fourth-order valence-electron chi connectivity index (χ4n) is 3.06. The smallest absolute Gasteiger partial charge is 0.266 e. The number of likely N-dealkylation sites (tertiary alicyclic amines) is 1. The Labute approximate surface area is 132 Å². The van der Waals surface area contributed by atoms with Gasteiger partial charge < -0.3 is 13.8 Å². The summed E-state index contributed by atoms with van der Waals surface area (Å²) in [6.07, 6.45) is 4.37. The molecule has 23 heavy (non-hydrogen) atoms. The average molecular weight is 319 g/mol. The molecular weight excluding hydrogens is 301 g/mol. The summed E-state index contributed by atoms with van der Waals surface area (Å²) in [6, 6.07) is 1.62. The highest BCUT2D eigenvalue weighted by molar-refractivity contribution is 5.95. The van der Waals surface area contributed by atoms with E-state index in [0.29, 0.717) is 36.0 Å². The van der Waals surface area contributed by atoms with Crippen molar-refractivity contribution in [1.82, 2.24) is 15.0 Å². The van der Waals surface area contributed by atoms with Crippen LogP contribution >= 0.6 is 0 Å². The number of aryl methyl sites for hydroxylation is 1. The molecule has 1 saturated heterocycles. The van der Waals surface area contributed by atoms with Gasteiger partial charge >= 0.3 is 0 Å². The van der Waals surface area contributed by atoms with E-state index in [1.54, 1.807) is 13.0 Å². The summed E-state index contributed by atoms with van der Waals surface area (Å²) in [7, 11) is 0. The van der Waals surface area contributed by atoms with Crippen molar-refractivity contribution in [1.29, 1.82) is 0 Å². The number of carbonyl (C=O) groups is 1. The van der Waals surface area contributed by atoms with Crippen molar-refractivity contribution < 1.29 is 18.1 Å². The first kappa shape index (κ1) is 14.4. The van der Waals surface area contributed by atoms with Crippen LogP contribution < -0.4 is 0 Å². The molecule has 1 saturated carbocycles. The maximum absolute atomic E-state index is 15.3. The Morgan fingerprint density at radius 3 is 3.00 bits per heavy atom. The zero-order valence-corrected chi connectivity index (χ0v) is 12.9. The minimum atomic E-state index is -1.77. The van der Waals surface area contributed by atoms with Gasteiger partial charge in [0, 0.05) is 12.5 Å². The van der Waals surface area contributed by atoms with Crippen molar-refractivity contribution in [2.45, 2.75) is 44.2 Å². The van der Waals surface area contributed by atoms with Crippen LogP contribution in [-0.4, -0.2) is 34.0 Å². The molecule has 0 aromatic carbocycles. The van der Waals surface area contributed by atoms with Crippen LogP contribution in [0.1, 0.15) is 59.4 Å². The standard InChI is InChI=1S/C16H18FN3O3/c1-10-12(5-8-22-10)14(21)20-7-2-6-16(17,9-20)15-18-13(19-23-15)11-3-4-11/h5,8,11H,2-4,6-7,9H2,1H3. The number of hydrogen-bond donors (Lipinski definition) is 0. The van der Waals surface area contributed by atoms with Gasteiger partial charge in [-0.1, -0.05) is 5.16 Å². The Kier molecular flexibility index (Phi) is 3.25. The third-order valence-electron chi connectivity index (χ3n) is 4.59. The van der Waals surface area contributed by atoms with Crippen LogP contribution in [0.15, 0.2) is 21.3 Å². The number of carbonyl (C=O) groups excluding carboxylic acids is 1. The first-order valence-electron chi connectivity index (χ1n) is 7.93.